The van der Waals surface area contributed by atoms with Crippen LogP contribution >= 0.6 is 24.2 Å². The molecule has 0 radical (unpaired) electrons. The van der Waals surface area contributed by atoms with Crippen molar-refractivity contribution in [3.63, 3.8) is 0 Å². The molecule has 2 N–H and O–H groups in total. The van der Waals surface area contributed by atoms with Gasteiger partial charge in [0.2, 0.25) is 0 Å². The van der Waals surface area contributed by atoms with Crippen molar-refractivity contribution < 1.29 is 4.79 Å². The minimum Gasteiger partial charge on any atom is -0.348 e. The lowest BCUT2D eigenvalue weighted by atomic mass is 10.1. The first-order valence-electron chi connectivity index (χ1n) is 9.07. The van der Waals surface area contributed by atoms with Crippen LogP contribution in [0.4, 0.5) is 0 Å². The van der Waals surface area contributed by atoms with Crippen molar-refractivity contribution in [2.75, 3.05) is 19.6 Å². The fourth-order valence-corrected chi connectivity index (χ4v) is 4.02. The quantitative estimate of drug-likeness (QED) is 0.545. The summed E-state index contributed by atoms with van der Waals surface area (Å²) >= 11 is 1.82. The van der Waals surface area contributed by atoms with Gasteiger partial charge in [0.25, 0.3) is 5.91 Å². The summed E-state index contributed by atoms with van der Waals surface area (Å²) in [5.41, 5.74) is 5.78. The third-order valence-corrected chi connectivity index (χ3v) is 5.79. The first-order valence-corrected chi connectivity index (χ1v) is 10.1. The molecule has 0 bridgehead atoms. The van der Waals surface area contributed by atoms with Gasteiger partial charge in [-0.2, -0.15) is 0 Å². The summed E-state index contributed by atoms with van der Waals surface area (Å²) in [5, 5.41) is 6.33. The number of amides is 1. The van der Waals surface area contributed by atoms with Crippen molar-refractivity contribution in [1.29, 1.82) is 0 Å². The summed E-state index contributed by atoms with van der Waals surface area (Å²) in [5.74, 6) is 0.866. The molecule has 0 saturated heterocycles. The monoisotopic (exact) mass is 402 g/mol. The number of benzene rings is 2. The van der Waals surface area contributed by atoms with Crippen molar-refractivity contribution in [1.82, 2.24) is 10.6 Å². The van der Waals surface area contributed by atoms with Crippen molar-refractivity contribution >= 4 is 30.1 Å². The highest BCUT2D eigenvalue weighted by Gasteiger charge is 2.09. The first kappa shape index (κ1) is 21.5. The number of carbonyl (C=O) groups excluding carboxylic acids is 1. The number of nitrogens with one attached hydrogen (secondary N) is 2. The van der Waals surface area contributed by atoms with Crippen molar-refractivity contribution in [2.45, 2.75) is 30.9 Å². The molecule has 0 unspecified atom stereocenters. The molecule has 3 nitrogen and oxygen atoms in total. The number of hydrogen-bond donors (Lipinski definition) is 2. The van der Waals surface area contributed by atoms with Crippen LogP contribution in [0, 0.1) is 13.8 Å². The van der Waals surface area contributed by atoms with Crippen LogP contribution < -0.4 is 10.6 Å². The summed E-state index contributed by atoms with van der Waals surface area (Å²) in [7, 11) is 0. The van der Waals surface area contributed by atoms with E-state index >= 15 is 0 Å². The minimum absolute atomic E-state index is 0. The van der Waals surface area contributed by atoms with Crippen LogP contribution in [-0.2, 0) is 5.75 Å². The largest absolute Gasteiger partial charge is 0.348 e. The highest BCUT2D eigenvalue weighted by Crippen LogP contribution is 2.27. The molecule has 3 rings (SSSR count). The fourth-order valence-electron chi connectivity index (χ4n) is 2.95. The number of rotatable bonds is 6. The number of halogens is 1. The van der Waals surface area contributed by atoms with Crippen LogP contribution in [0.3, 0.4) is 0 Å². The predicted molar refractivity (Wildman–Crippen MR) is 117 cm³/mol. The molecule has 0 spiro atoms. The fraction of sp³-hybridized carbons (Fsp3) is 0.318. The van der Waals surface area contributed by atoms with Crippen molar-refractivity contribution in [3.8, 4) is 0 Å². The lowest BCUT2D eigenvalue weighted by Crippen LogP contribution is -2.29. The van der Waals surface area contributed by atoms with Gasteiger partial charge < -0.3 is 10.6 Å². The Morgan fingerprint density at radius 1 is 1.19 bits per heavy atom. The Balaban J connectivity index is 0.00000261. The van der Waals surface area contributed by atoms with Gasteiger partial charge in [-0.05, 0) is 56.1 Å². The van der Waals surface area contributed by atoms with Gasteiger partial charge in [0.05, 0.1) is 0 Å². The predicted octanol–water partition coefficient (Wildman–Crippen LogP) is 4.67. The number of thioether (sulfide) groups is 1. The smallest absolute Gasteiger partial charge is 0.251 e. The number of aryl methyl sites for hydroxylation is 2. The van der Waals surface area contributed by atoms with E-state index in [9.17, 15) is 4.79 Å². The summed E-state index contributed by atoms with van der Waals surface area (Å²) < 4.78 is 0. The van der Waals surface area contributed by atoms with Gasteiger partial charge in [0.15, 0.2) is 0 Å². The highest BCUT2D eigenvalue weighted by molar-refractivity contribution is 7.98. The molecule has 0 aliphatic carbocycles. The standard InChI is InChI=1S/C22H26N2OS.ClH/c1-16-6-7-17(2)21(12-16)26-15-19-4-3-5-20(13-19)22(25)24-14-18-8-10-23-11-9-18;/h3-8,12-13,23H,9-11,14-15H2,1-2H3,(H,24,25);1H. The Morgan fingerprint density at radius 3 is 2.81 bits per heavy atom. The molecule has 0 fully saturated rings. The lowest BCUT2D eigenvalue weighted by molar-refractivity contribution is 0.0956. The Bertz CT molecular complexity index is 820. The molecule has 1 amide bonds. The SMILES string of the molecule is Cc1ccc(C)c(SCc2cccc(C(=O)NCC3=CCNCC3)c2)c1.Cl. The van der Waals surface area contributed by atoms with E-state index in [4.69, 9.17) is 0 Å². The average molecular weight is 403 g/mol. The molecule has 0 atom stereocenters. The molecule has 1 aliphatic heterocycles. The van der Waals surface area contributed by atoms with E-state index in [2.05, 4.69) is 54.8 Å². The summed E-state index contributed by atoms with van der Waals surface area (Å²) in [6.07, 6.45) is 3.17. The van der Waals surface area contributed by atoms with Gasteiger partial charge >= 0.3 is 0 Å². The normalized spacial score (nSPS) is 13.5. The second kappa shape index (κ2) is 10.5. The summed E-state index contributed by atoms with van der Waals surface area (Å²) in [6.45, 7) is 6.79. The highest BCUT2D eigenvalue weighted by atomic mass is 35.5. The minimum atomic E-state index is 0. The average Bonchev–Trinajstić information content (AvgIpc) is 2.68. The molecule has 144 valence electrons. The zero-order chi connectivity index (χ0) is 18.4. The van der Waals surface area contributed by atoms with Gasteiger partial charge in [-0.15, -0.1) is 24.2 Å². The summed E-state index contributed by atoms with van der Waals surface area (Å²) in [4.78, 5) is 13.8. The van der Waals surface area contributed by atoms with Gasteiger partial charge in [-0.1, -0.05) is 41.5 Å². The third kappa shape index (κ3) is 6.42. The molecule has 2 aromatic carbocycles. The maximum atomic E-state index is 12.5. The Labute approximate surface area is 172 Å². The zero-order valence-electron chi connectivity index (χ0n) is 15.9. The van der Waals surface area contributed by atoms with E-state index in [1.54, 1.807) is 0 Å². The van der Waals surface area contributed by atoms with Crippen LogP contribution in [0.25, 0.3) is 0 Å². The van der Waals surface area contributed by atoms with E-state index in [1.807, 2.05) is 30.0 Å². The molecular formula is C22H27ClN2OS. The molecule has 5 heteroatoms. The van der Waals surface area contributed by atoms with Gasteiger partial charge in [0, 0.05) is 29.3 Å². The van der Waals surface area contributed by atoms with Crippen LogP contribution in [0.1, 0.15) is 33.5 Å². The molecule has 0 aromatic heterocycles. The van der Waals surface area contributed by atoms with Gasteiger partial charge in [-0.25, -0.2) is 0 Å². The maximum absolute atomic E-state index is 12.5. The maximum Gasteiger partial charge on any atom is 0.251 e. The van der Waals surface area contributed by atoms with E-state index in [0.717, 1.165) is 30.8 Å². The molecule has 2 aromatic rings. The second-order valence-corrected chi connectivity index (χ2v) is 7.77. The zero-order valence-corrected chi connectivity index (χ0v) is 17.5. The van der Waals surface area contributed by atoms with Gasteiger partial charge in [-0.3, -0.25) is 4.79 Å². The third-order valence-electron chi connectivity index (χ3n) is 4.56. The van der Waals surface area contributed by atoms with Crippen LogP contribution in [0.15, 0.2) is 59.0 Å². The molecular weight excluding hydrogens is 376 g/mol. The Morgan fingerprint density at radius 2 is 2.04 bits per heavy atom. The molecule has 1 heterocycles. The van der Waals surface area contributed by atoms with Crippen LogP contribution in [-0.4, -0.2) is 25.5 Å². The number of hydrogen-bond acceptors (Lipinski definition) is 3. The Hall–Kier alpha value is -1.75. The molecule has 1 aliphatic rings. The topological polar surface area (TPSA) is 41.1 Å². The molecule has 27 heavy (non-hydrogen) atoms. The molecule has 0 saturated carbocycles. The Kier molecular flexibility index (Phi) is 8.42. The summed E-state index contributed by atoms with van der Waals surface area (Å²) in [6, 6.07) is 14.5. The van der Waals surface area contributed by atoms with Crippen molar-refractivity contribution in [3.05, 3.63) is 76.4 Å². The van der Waals surface area contributed by atoms with E-state index in [-0.39, 0.29) is 18.3 Å². The first-order chi connectivity index (χ1) is 12.6. The number of carbonyl (C=O) groups is 1. The van der Waals surface area contributed by atoms with Crippen LogP contribution in [0.2, 0.25) is 0 Å². The van der Waals surface area contributed by atoms with E-state index in [0.29, 0.717) is 6.54 Å². The lowest BCUT2D eigenvalue weighted by Gasteiger charge is -2.14. The second-order valence-electron chi connectivity index (χ2n) is 6.76. The van der Waals surface area contributed by atoms with Crippen molar-refractivity contribution in [2.24, 2.45) is 0 Å². The van der Waals surface area contributed by atoms with Gasteiger partial charge in [0.1, 0.15) is 0 Å². The van der Waals surface area contributed by atoms with E-state index < -0.39 is 0 Å². The van der Waals surface area contributed by atoms with E-state index in [1.165, 1.54) is 27.2 Å². The van der Waals surface area contributed by atoms with Crippen LogP contribution in [0.5, 0.6) is 0 Å².